The van der Waals surface area contributed by atoms with Crippen molar-refractivity contribution >= 4 is 10.0 Å². The molecule has 0 saturated carbocycles. The molecular formula is C14H23NO4S. The first-order valence-corrected chi connectivity index (χ1v) is 8.16. The van der Waals surface area contributed by atoms with Gasteiger partial charge in [-0.1, -0.05) is 32.6 Å². The maximum absolute atomic E-state index is 11.9. The lowest BCUT2D eigenvalue weighted by Crippen LogP contribution is -2.25. The number of rotatable bonds is 8. The SMILES string of the molecule is CC(C)CONS(=O)(=O)c1ccc(OCC(C)C)cc1. The second kappa shape index (κ2) is 7.61. The molecule has 0 bridgehead atoms. The van der Waals surface area contributed by atoms with Gasteiger partial charge in [-0.25, -0.2) is 8.42 Å². The first-order chi connectivity index (χ1) is 9.31. The van der Waals surface area contributed by atoms with E-state index in [9.17, 15) is 8.42 Å². The van der Waals surface area contributed by atoms with E-state index in [4.69, 9.17) is 9.57 Å². The summed E-state index contributed by atoms with van der Waals surface area (Å²) in [5, 5.41) is 0. The van der Waals surface area contributed by atoms with Crippen molar-refractivity contribution in [3.05, 3.63) is 24.3 Å². The number of hydrogen-bond acceptors (Lipinski definition) is 4. The van der Waals surface area contributed by atoms with Crippen molar-refractivity contribution in [3.8, 4) is 5.75 Å². The maximum atomic E-state index is 11.9. The molecule has 1 aromatic carbocycles. The van der Waals surface area contributed by atoms with E-state index in [1.807, 2.05) is 13.8 Å². The molecule has 0 aromatic heterocycles. The van der Waals surface area contributed by atoms with Gasteiger partial charge in [0, 0.05) is 0 Å². The first kappa shape index (κ1) is 16.9. The summed E-state index contributed by atoms with van der Waals surface area (Å²) in [6.07, 6.45) is 0. The fourth-order valence-corrected chi connectivity index (χ4v) is 2.12. The summed E-state index contributed by atoms with van der Waals surface area (Å²) < 4.78 is 29.3. The minimum Gasteiger partial charge on any atom is -0.493 e. The number of sulfonamides is 1. The summed E-state index contributed by atoms with van der Waals surface area (Å²) in [5.74, 6) is 1.33. The van der Waals surface area contributed by atoms with Crippen LogP contribution in [0.15, 0.2) is 29.2 Å². The summed E-state index contributed by atoms with van der Waals surface area (Å²) >= 11 is 0. The minimum absolute atomic E-state index is 0.151. The molecular weight excluding hydrogens is 278 g/mol. The number of benzene rings is 1. The highest BCUT2D eigenvalue weighted by Crippen LogP contribution is 2.16. The molecule has 0 radical (unpaired) electrons. The van der Waals surface area contributed by atoms with Crippen molar-refractivity contribution in [3.63, 3.8) is 0 Å². The molecule has 0 heterocycles. The van der Waals surface area contributed by atoms with Gasteiger partial charge in [-0.2, -0.15) is 0 Å². The molecule has 0 aliphatic heterocycles. The Morgan fingerprint density at radius 3 is 2.05 bits per heavy atom. The van der Waals surface area contributed by atoms with Crippen LogP contribution in [0.4, 0.5) is 0 Å². The van der Waals surface area contributed by atoms with E-state index < -0.39 is 10.0 Å². The second-order valence-electron chi connectivity index (χ2n) is 5.47. The molecule has 0 unspecified atom stereocenters. The smallest absolute Gasteiger partial charge is 0.262 e. The number of ether oxygens (including phenoxy) is 1. The Morgan fingerprint density at radius 2 is 1.55 bits per heavy atom. The molecule has 0 amide bonds. The van der Waals surface area contributed by atoms with E-state index in [1.165, 1.54) is 12.1 Å². The van der Waals surface area contributed by atoms with Gasteiger partial charge < -0.3 is 4.74 Å². The third-order valence-electron chi connectivity index (χ3n) is 2.30. The van der Waals surface area contributed by atoms with Gasteiger partial charge in [0.1, 0.15) is 5.75 Å². The molecule has 0 fully saturated rings. The third-order valence-corrected chi connectivity index (χ3v) is 3.53. The van der Waals surface area contributed by atoms with Crippen LogP contribution in [0, 0.1) is 11.8 Å². The minimum atomic E-state index is -3.63. The average molecular weight is 301 g/mol. The van der Waals surface area contributed by atoms with Gasteiger partial charge in [0.2, 0.25) is 0 Å². The molecule has 1 N–H and O–H groups in total. The molecule has 0 spiro atoms. The number of hydrogen-bond donors (Lipinski definition) is 1. The lowest BCUT2D eigenvalue weighted by Gasteiger charge is -2.11. The Bertz CT molecular complexity index is 494. The highest BCUT2D eigenvalue weighted by molar-refractivity contribution is 7.89. The van der Waals surface area contributed by atoms with E-state index in [1.54, 1.807) is 12.1 Å². The average Bonchev–Trinajstić information content (AvgIpc) is 2.36. The van der Waals surface area contributed by atoms with Crippen LogP contribution >= 0.6 is 0 Å². The molecule has 6 heteroatoms. The first-order valence-electron chi connectivity index (χ1n) is 6.67. The van der Waals surface area contributed by atoms with Crippen molar-refractivity contribution in [1.82, 2.24) is 4.89 Å². The summed E-state index contributed by atoms with van der Waals surface area (Å²) in [6, 6.07) is 6.27. The monoisotopic (exact) mass is 301 g/mol. The van der Waals surface area contributed by atoms with Crippen LogP contribution in [0.1, 0.15) is 27.7 Å². The fourth-order valence-electron chi connectivity index (χ4n) is 1.30. The van der Waals surface area contributed by atoms with Gasteiger partial charge in [0.15, 0.2) is 0 Å². The van der Waals surface area contributed by atoms with Crippen LogP contribution in [-0.2, 0) is 14.9 Å². The fraction of sp³-hybridized carbons (Fsp3) is 0.571. The molecule has 0 aliphatic carbocycles. The lowest BCUT2D eigenvalue weighted by atomic mass is 10.2. The maximum Gasteiger partial charge on any atom is 0.262 e. The highest BCUT2D eigenvalue weighted by atomic mass is 32.2. The van der Waals surface area contributed by atoms with E-state index in [0.717, 1.165) is 0 Å². The van der Waals surface area contributed by atoms with Crippen LogP contribution in [-0.4, -0.2) is 21.6 Å². The summed E-state index contributed by atoms with van der Waals surface area (Å²) in [6.45, 7) is 8.91. The van der Waals surface area contributed by atoms with Gasteiger partial charge in [-0.3, -0.25) is 4.84 Å². The molecule has 1 rings (SSSR count). The normalized spacial score (nSPS) is 12.1. The quantitative estimate of drug-likeness (QED) is 0.750. The van der Waals surface area contributed by atoms with Gasteiger partial charge in [0.25, 0.3) is 10.0 Å². The topological polar surface area (TPSA) is 64.6 Å². The zero-order valence-corrected chi connectivity index (χ0v) is 13.2. The molecule has 0 atom stereocenters. The zero-order chi connectivity index (χ0) is 15.2. The zero-order valence-electron chi connectivity index (χ0n) is 12.4. The summed E-state index contributed by atoms with van der Waals surface area (Å²) in [7, 11) is -3.63. The Morgan fingerprint density at radius 1 is 1.00 bits per heavy atom. The van der Waals surface area contributed by atoms with Crippen LogP contribution < -0.4 is 9.62 Å². The molecule has 5 nitrogen and oxygen atoms in total. The van der Waals surface area contributed by atoms with E-state index >= 15 is 0 Å². The van der Waals surface area contributed by atoms with Crippen LogP contribution in [0.5, 0.6) is 5.75 Å². The predicted octanol–water partition coefficient (Wildman–Crippen LogP) is 2.59. The predicted molar refractivity (Wildman–Crippen MR) is 77.9 cm³/mol. The molecule has 1 aromatic rings. The van der Waals surface area contributed by atoms with Crippen LogP contribution in [0.2, 0.25) is 0 Å². The van der Waals surface area contributed by atoms with Crippen LogP contribution in [0.25, 0.3) is 0 Å². The molecule has 0 aliphatic rings. The van der Waals surface area contributed by atoms with Gasteiger partial charge in [-0.15, -0.1) is 0 Å². The van der Waals surface area contributed by atoms with Gasteiger partial charge in [-0.05, 0) is 36.1 Å². The van der Waals surface area contributed by atoms with Crippen molar-refractivity contribution in [2.45, 2.75) is 32.6 Å². The standard InChI is InChI=1S/C14H23NO4S/c1-11(2)9-18-13-5-7-14(8-6-13)20(16,17)15-19-10-12(3)4/h5-8,11-12,15H,9-10H2,1-4H3. The Labute approximate surface area is 121 Å². The number of nitrogens with one attached hydrogen (secondary N) is 1. The van der Waals surface area contributed by atoms with Gasteiger partial charge >= 0.3 is 0 Å². The van der Waals surface area contributed by atoms with Crippen molar-refractivity contribution < 1.29 is 18.0 Å². The van der Waals surface area contributed by atoms with Crippen LogP contribution in [0.3, 0.4) is 0 Å². The molecule has 0 saturated heterocycles. The van der Waals surface area contributed by atoms with E-state index in [2.05, 4.69) is 18.7 Å². The van der Waals surface area contributed by atoms with E-state index in [-0.39, 0.29) is 10.8 Å². The van der Waals surface area contributed by atoms with E-state index in [0.29, 0.717) is 24.9 Å². The molecule has 114 valence electrons. The second-order valence-corrected chi connectivity index (χ2v) is 7.11. The summed E-state index contributed by atoms with van der Waals surface area (Å²) in [5.41, 5.74) is 0. The highest BCUT2D eigenvalue weighted by Gasteiger charge is 2.14. The third kappa shape index (κ3) is 5.90. The Kier molecular flexibility index (Phi) is 6.45. The van der Waals surface area contributed by atoms with Crippen molar-refractivity contribution in [1.29, 1.82) is 0 Å². The Hall–Kier alpha value is -1.11. The van der Waals surface area contributed by atoms with Crippen molar-refractivity contribution in [2.24, 2.45) is 11.8 Å². The molecule has 20 heavy (non-hydrogen) atoms. The summed E-state index contributed by atoms with van der Waals surface area (Å²) in [4.78, 5) is 7.21. The van der Waals surface area contributed by atoms with Crippen molar-refractivity contribution in [2.75, 3.05) is 13.2 Å². The lowest BCUT2D eigenvalue weighted by molar-refractivity contribution is 0.0718. The Balaban J connectivity index is 2.62. The largest absolute Gasteiger partial charge is 0.493 e. The van der Waals surface area contributed by atoms with Gasteiger partial charge in [0.05, 0.1) is 18.1 Å².